The average molecular weight is 390 g/mol. The van der Waals surface area contributed by atoms with Gasteiger partial charge in [0.1, 0.15) is 11.5 Å². The topological polar surface area (TPSA) is 55.8 Å². The van der Waals surface area contributed by atoms with Gasteiger partial charge in [-0.3, -0.25) is 4.89 Å². The van der Waals surface area contributed by atoms with Crippen LogP contribution in [0.25, 0.3) is 0 Å². The van der Waals surface area contributed by atoms with Crippen LogP contribution in [0.3, 0.4) is 0 Å². The molecule has 2 aromatic rings. The van der Waals surface area contributed by atoms with E-state index in [1.54, 1.807) is 60.7 Å². The summed E-state index contributed by atoms with van der Waals surface area (Å²) >= 11 is 0. The molecule has 0 radical (unpaired) electrons. The summed E-state index contributed by atoms with van der Waals surface area (Å²) in [5, 5.41) is 0. The molecule has 0 bridgehead atoms. The van der Waals surface area contributed by atoms with Crippen molar-refractivity contribution in [3.63, 3.8) is 0 Å². The number of phosphoric ester groups is 1. The van der Waals surface area contributed by atoms with Crippen LogP contribution in [0.4, 0.5) is 0 Å². The second-order valence-electron chi connectivity index (χ2n) is 3.28. The van der Waals surface area contributed by atoms with E-state index >= 15 is 0 Å². The standard InChI is InChI=1S/C12H11O4P.Ba.2H/c13-17(14,15-11-7-3-1-4-8-11)16-12-9-5-2-6-10-12;;;/h1-10H,(H,13,14);;;. The van der Waals surface area contributed by atoms with E-state index in [2.05, 4.69) is 0 Å². The van der Waals surface area contributed by atoms with E-state index in [1.165, 1.54) is 0 Å². The summed E-state index contributed by atoms with van der Waals surface area (Å²) in [7, 11) is -4.14. The van der Waals surface area contributed by atoms with E-state index in [-0.39, 0.29) is 60.4 Å². The Kier molecular flexibility index (Phi) is 6.52. The zero-order valence-corrected chi connectivity index (χ0v) is 9.79. The Morgan fingerprint density at radius 3 is 1.44 bits per heavy atom. The molecule has 0 amide bonds. The number of hydrogen-bond acceptors (Lipinski definition) is 3. The van der Waals surface area contributed by atoms with Gasteiger partial charge in [-0.25, -0.2) is 4.57 Å². The van der Waals surface area contributed by atoms with Crippen molar-refractivity contribution in [3.8, 4) is 11.5 Å². The maximum absolute atomic E-state index is 11.7. The van der Waals surface area contributed by atoms with Crippen LogP contribution in [0.2, 0.25) is 0 Å². The van der Waals surface area contributed by atoms with E-state index < -0.39 is 7.82 Å². The minimum absolute atomic E-state index is 0. The van der Waals surface area contributed by atoms with Gasteiger partial charge >= 0.3 is 56.7 Å². The van der Waals surface area contributed by atoms with E-state index in [0.29, 0.717) is 0 Å². The van der Waals surface area contributed by atoms with Crippen LogP contribution in [0.15, 0.2) is 60.7 Å². The number of rotatable bonds is 4. The molecule has 0 aromatic heterocycles. The Bertz CT molecular complexity index is 473. The third kappa shape index (κ3) is 5.20. The van der Waals surface area contributed by atoms with Gasteiger partial charge in [-0.1, -0.05) is 36.4 Å². The third-order valence-corrected chi connectivity index (χ3v) is 2.81. The molecular weight excluding hydrogens is 376 g/mol. The normalized spacial score (nSPS) is 10.3. The van der Waals surface area contributed by atoms with Gasteiger partial charge < -0.3 is 9.05 Å². The molecule has 6 heteroatoms. The van der Waals surface area contributed by atoms with Crippen molar-refractivity contribution in [2.24, 2.45) is 0 Å². The first-order chi connectivity index (χ1) is 8.16. The summed E-state index contributed by atoms with van der Waals surface area (Å²) in [5.41, 5.74) is 0. The Labute approximate surface area is 146 Å². The first kappa shape index (κ1) is 15.9. The molecule has 92 valence electrons. The van der Waals surface area contributed by atoms with Crippen molar-refractivity contribution in [3.05, 3.63) is 60.7 Å². The van der Waals surface area contributed by atoms with Crippen LogP contribution < -0.4 is 9.05 Å². The van der Waals surface area contributed by atoms with E-state index in [1.807, 2.05) is 0 Å². The average Bonchev–Trinajstić information content (AvgIpc) is 2.30. The first-order valence-corrected chi connectivity index (χ1v) is 6.47. The molecule has 18 heavy (non-hydrogen) atoms. The van der Waals surface area contributed by atoms with E-state index in [9.17, 15) is 9.46 Å². The van der Waals surface area contributed by atoms with Crippen LogP contribution in [0, 0.1) is 0 Å². The van der Waals surface area contributed by atoms with Gasteiger partial charge in [0.2, 0.25) is 0 Å². The summed E-state index contributed by atoms with van der Waals surface area (Å²) in [6.45, 7) is 0. The van der Waals surface area contributed by atoms with Gasteiger partial charge in [0.05, 0.1) is 0 Å². The van der Waals surface area contributed by atoms with Crippen LogP contribution in [0.5, 0.6) is 11.5 Å². The van der Waals surface area contributed by atoms with Crippen molar-refractivity contribution in [1.82, 2.24) is 0 Å². The Morgan fingerprint density at radius 2 is 1.11 bits per heavy atom. The molecule has 0 aliphatic heterocycles. The Morgan fingerprint density at radius 1 is 0.778 bits per heavy atom. The van der Waals surface area contributed by atoms with Crippen molar-refractivity contribution in [2.75, 3.05) is 0 Å². The SMILES string of the molecule is O=P(O)(Oc1ccccc1)Oc1ccccc1.[BaH2]. The summed E-state index contributed by atoms with van der Waals surface area (Å²) in [4.78, 5) is 9.53. The van der Waals surface area contributed by atoms with Gasteiger partial charge in [0.25, 0.3) is 0 Å². The van der Waals surface area contributed by atoms with Crippen molar-refractivity contribution in [1.29, 1.82) is 0 Å². The van der Waals surface area contributed by atoms with Crippen molar-refractivity contribution >= 4 is 56.7 Å². The Balaban J connectivity index is 0.00000162. The molecule has 0 spiro atoms. The summed E-state index contributed by atoms with van der Waals surface area (Å²) in [5.74, 6) is 0.573. The predicted octanol–water partition coefficient (Wildman–Crippen LogP) is 2.33. The second-order valence-corrected chi connectivity index (χ2v) is 4.58. The number of phosphoric acid groups is 1. The molecule has 2 aromatic carbocycles. The van der Waals surface area contributed by atoms with Crippen LogP contribution >= 0.6 is 7.82 Å². The fraction of sp³-hybridized carbons (Fsp3) is 0. The molecule has 4 nitrogen and oxygen atoms in total. The summed E-state index contributed by atoms with van der Waals surface area (Å²) in [6, 6.07) is 16.7. The maximum atomic E-state index is 11.7. The number of para-hydroxylation sites is 2. The molecule has 0 unspecified atom stereocenters. The predicted molar refractivity (Wildman–Crippen MR) is 72.5 cm³/mol. The molecule has 1 N–H and O–H groups in total. The third-order valence-electron chi connectivity index (χ3n) is 1.93. The molecule has 0 fully saturated rings. The second kappa shape index (κ2) is 7.41. The molecular formula is C12H13BaO4P. The summed E-state index contributed by atoms with van der Waals surface area (Å²) < 4.78 is 21.5. The number of benzene rings is 2. The Hall–Kier alpha value is -0.199. The fourth-order valence-electron chi connectivity index (χ4n) is 1.25. The molecule has 0 atom stereocenters. The van der Waals surface area contributed by atoms with Gasteiger partial charge in [0, 0.05) is 0 Å². The fourth-order valence-corrected chi connectivity index (χ4v) is 2.06. The quantitative estimate of drug-likeness (QED) is 0.644. The van der Waals surface area contributed by atoms with Crippen molar-refractivity contribution in [2.45, 2.75) is 0 Å². The van der Waals surface area contributed by atoms with Crippen LogP contribution in [0.1, 0.15) is 0 Å². The molecule has 0 aliphatic carbocycles. The van der Waals surface area contributed by atoms with Gasteiger partial charge in [-0.15, -0.1) is 0 Å². The zero-order chi connectivity index (χ0) is 12.1. The molecule has 0 aliphatic rings. The summed E-state index contributed by atoms with van der Waals surface area (Å²) in [6.07, 6.45) is 0. The molecule has 0 heterocycles. The van der Waals surface area contributed by atoms with E-state index in [4.69, 9.17) is 9.05 Å². The molecule has 0 saturated heterocycles. The minimum atomic E-state index is -4.14. The van der Waals surface area contributed by atoms with Crippen LogP contribution in [-0.4, -0.2) is 53.8 Å². The molecule has 2 rings (SSSR count). The molecule has 0 saturated carbocycles. The van der Waals surface area contributed by atoms with E-state index in [0.717, 1.165) is 0 Å². The monoisotopic (exact) mass is 390 g/mol. The number of hydrogen-bond donors (Lipinski definition) is 1. The first-order valence-electron chi connectivity index (χ1n) is 4.98. The zero-order valence-electron chi connectivity index (χ0n) is 8.89. The van der Waals surface area contributed by atoms with Gasteiger partial charge in [-0.2, -0.15) is 0 Å². The van der Waals surface area contributed by atoms with Crippen LogP contribution in [-0.2, 0) is 4.57 Å². The van der Waals surface area contributed by atoms with Gasteiger partial charge in [0.15, 0.2) is 0 Å². The van der Waals surface area contributed by atoms with Crippen molar-refractivity contribution < 1.29 is 18.5 Å². The van der Waals surface area contributed by atoms with Gasteiger partial charge in [-0.05, 0) is 24.3 Å².